The second kappa shape index (κ2) is 6.99. The van der Waals surface area contributed by atoms with Gasteiger partial charge in [0.2, 0.25) is 5.43 Å². The van der Waals surface area contributed by atoms with Gasteiger partial charge in [0.05, 0.1) is 23.7 Å². The first-order valence-electron chi connectivity index (χ1n) is 8.16. The molecule has 0 unspecified atom stereocenters. The number of rotatable bonds is 5. The molecule has 0 aliphatic rings. The van der Waals surface area contributed by atoms with Crippen molar-refractivity contribution in [2.45, 2.75) is 13.5 Å². The van der Waals surface area contributed by atoms with Gasteiger partial charge in [-0.2, -0.15) is 0 Å². The number of hydrogen-bond acceptors (Lipinski definition) is 5. The second-order valence-electron chi connectivity index (χ2n) is 5.86. The minimum absolute atomic E-state index is 0.000396. The van der Waals surface area contributed by atoms with Crippen molar-refractivity contribution in [2.24, 2.45) is 0 Å². The number of pyridine rings is 1. The van der Waals surface area contributed by atoms with Gasteiger partial charge in [-0.1, -0.05) is 6.07 Å². The Balaban J connectivity index is 2.25. The number of aromatic nitrogens is 1. The summed E-state index contributed by atoms with van der Waals surface area (Å²) in [5.41, 5.74) is 5.80. The summed E-state index contributed by atoms with van der Waals surface area (Å²) in [5.74, 6) is -1.55. The van der Waals surface area contributed by atoms with E-state index in [0.717, 1.165) is 6.07 Å². The Morgan fingerprint density at radius 3 is 2.74 bits per heavy atom. The van der Waals surface area contributed by atoms with E-state index in [1.165, 1.54) is 17.9 Å². The summed E-state index contributed by atoms with van der Waals surface area (Å²) in [5, 5.41) is 12.0. The van der Waals surface area contributed by atoms with Crippen LogP contribution in [0.4, 0.5) is 21.5 Å². The molecular weight excluding hydrogens is 353 g/mol. The number of carboxylic acid groups (broad SMARTS) is 1. The van der Waals surface area contributed by atoms with E-state index in [-0.39, 0.29) is 22.3 Å². The lowest BCUT2D eigenvalue weighted by molar-refractivity contribution is 0.0695. The molecule has 0 aliphatic heterocycles. The molecule has 0 fully saturated rings. The van der Waals surface area contributed by atoms with Crippen molar-refractivity contribution in [3.8, 4) is 5.75 Å². The number of carbonyl (C=O) groups is 1. The molecule has 8 heteroatoms. The van der Waals surface area contributed by atoms with Crippen molar-refractivity contribution in [1.82, 2.24) is 4.57 Å². The topological polar surface area (TPSA) is 107 Å². The minimum Gasteiger partial charge on any atom is -0.497 e. The van der Waals surface area contributed by atoms with Crippen LogP contribution in [0.3, 0.4) is 0 Å². The van der Waals surface area contributed by atoms with Crippen molar-refractivity contribution in [2.75, 3.05) is 18.2 Å². The average molecular weight is 371 g/mol. The Hall–Kier alpha value is -3.55. The number of nitrogens with two attached hydrogens (primary N) is 1. The lowest BCUT2D eigenvalue weighted by Gasteiger charge is -2.17. The van der Waals surface area contributed by atoms with Gasteiger partial charge in [0, 0.05) is 24.5 Å². The maximum Gasteiger partial charge on any atom is 0.341 e. The fourth-order valence-corrected chi connectivity index (χ4v) is 2.94. The van der Waals surface area contributed by atoms with Crippen molar-refractivity contribution >= 4 is 33.9 Å². The smallest absolute Gasteiger partial charge is 0.341 e. The predicted octanol–water partition coefficient (Wildman–Crippen LogP) is 3.19. The number of methoxy groups -OCH3 is 1. The highest BCUT2D eigenvalue weighted by Crippen LogP contribution is 2.33. The van der Waals surface area contributed by atoms with Crippen LogP contribution in [0, 0.1) is 5.82 Å². The summed E-state index contributed by atoms with van der Waals surface area (Å²) in [6.45, 7) is 2.12. The zero-order valence-electron chi connectivity index (χ0n) is 14.7. The molecule has 3 rings (SSSR count). The van der Waals surface area contributed by atoms with Crippen molar-refractivity contribution in [3.63, 3.8) is 0 Å². The fourth-order valence-electron chi connectivity index (χ4n) is 2.94. The Morgan fingerprint density at radius 2 is 2.11 bits per heavy atom. The number of ether oxygens (including phenoxy) is 1. The average Bonchev–Trinajstić information content (AvgIpc) is 2.65. The van der Waals surface area contributed by atoms with E-state index >= 15 is 0 Å². The van der Waals surface area contributed by atoms with Gasteiger partial charge in [0.1, 0.15) is 22.8 Å². The van der Waals surface area contributed by atoms with Crippen molar-refractivity contribution < 1.29 is 19.0 Å². The molecule has 1 heterocycles. The molecule has 0 radical (unpaired) electrons. The molecule has 0 aliphatic carbocycles. The number of nitrogens with one attached hydrogen (secondary N) is 1. The molecule has 1 aromatic heterocycles. The van der Waals surface area contributed by atoms with Crippen molar-refractivity contribution in [3.05, 3.63) is 58.1 Å². The molecular formula is C19H18FN3O4. The summed E-state index contributed by atoms with van der Waals surface area (Å²) in [4.78, 5) is 23.8. The first-order chi connectivity index (χ1) is 12.9. The number of fused-ring (bicyclic) bond motifs is 1. The third kappa shape index (κ3) is 3.17. The number of benzene rings is 2. The van der Waals surface area contributed by atoms with Crippen LogP contribution < -0.4 is 21.2 Å². The molecule has 27 heavy (non-hydrogen) atoms. The number of halogens is 1. The lowest BCUT2D eigenvalue weighted by Crippen LogP contribution is -2.20. The summed E-state index contributed by atoms with van der Waals surface area (Å²) < 4.78 is 21.4. The number of aryl methyl sites for hydroxylation is 1. The van der Waals surface area contributed by atoms with Crippen LogP contribution in [0.1, 0.15) is 17.3 Å². The van der Waals surface area contributed by atoms with E-state index < -0.39 is 22.8 Å². The molecule has 7 nitrogen and oxygen atoms in total. The maximum atomic E-state index is 14.7. The molecule has 0 amide bonds. The van der Waals surface area contributed by atoms with E-state index in [9.17, 15) is 19.1 Å². The van der Waals surface area contributed by atoms with Crippen LogP contribution in [0.2, 0.25) is 0 Å². The molecule has 0 saturated heterocycles. The summed E-state index contributed by atoms with van der Waals surface area (Å²) in [7, 11) is 1.52. The monoisotopic (exact) mass is 371 g/mol. The van der Waals surface area contributed by atoms with E-state index in [2.05, 4.69) is 5.32 Å². The molecule has 2 aromatic carbocycles. The molecule has 4 N–H and O–H groups in total. The standard InChI is InChI=1S/C19H18FN3O4/c1-3-23-9-13(19(25)26)18(24)12-8-14(20)16(15(21)17(12)23)22-10-5-4-6-11(7-10)27-2/h4-9,22H,3,21H2,1-2H3,(H,25,26). The maximum absolute atomic E-state index is 14.7. The van der Waals surface area contributed by atoms with E-state index in [4.69, 9.17) is 10.5 Å². The number of hydrogen-bond donors (Lipinski definition) is 3. The SMILES string of the molecule is CCn1cc(C(=O)O)c(=O)c2cc(F)c(Nc3cccc(OC)c3)c(N)c21. The number of carboxylic acids is 1. The van der Waals surface area contributed by atoms with Crippen LogP contribution in [0.15, 0.2) is 41.3 Å². The third-order valence-corrected chi connectivity index (χ3v) is 4.26. The lowest BCUT2D eigenvalue weighted by atomic mass is 10.1. The molecule has 0 bridgehead atoms. The van der Waals surface area contributed by atoms with Crippen LogP contribution in [0.5, 0.6) is 5.75 Å². The Kier molecular flexibility index (Phi) is 4.72. The van der Waals surface area contributed by atoms with Gasteiger partial charge in [0.25, 0.3) is 0 Å². The van der Waals surface area contributed by atoms with Crippen LogP contribution in [-0.4, -0.2) is 22.8 Å². The fraction of sp³-hybridized carbons (Fsp3) is 0.158. The van der Waals surface area contributed by atoms with Gasteiger partial charge in [-0.05, 0) is 25.1 Å². The number of aromatic carboxylic acids is 1. The molecule has 3 aromatic rings. The van der Waals surface area contributed by atoms with Gasteiger partial charge in [-0.3, -0.25) is 4.79 Å². The third-order valence-electron chi connectivity index (χ3n) is 4.26. The van der Waals surface area contributed by atoms with Gasteiger partial charge in [0.15, 0.2) is 0 Å². The number of nitrogen functional groups attached to an aromatic ring is 1. The van der Waals surface area contributed by atoms with E-state index in [1.807, 2.05) is 0 Å². The highest BCUT2D eigenvalue weighted by atomic mass is 19.1. The summed E-state index contributed by atoms with van der Waals surface area (Å²) in [6, 6.07) is 7.87. The van der Waals surface area contributed by atoms with Crippen molar-refractivity contribution in [1.29, 1.82) is 0 Å². The summed E-state index contributed by atoms with van der Waals surface area (Å²) >= 11 is 0. The van der Waals surface area contributed by atoms with Gasteiger partial charge in [-0.25, -0.2) is 9.18 Å². The number of anilines is 3. The highest BCUT2D eigenvalue weighted by molar-refractivity contribution is 6.00. The zero-order valence-corrected chi connectivity index (χ0v) is 14.7. The Bertz CT molecular complexity index is 1110. The van der Waals surface area contributed by atoms with Gasteiger partial charge >= 0.3 is 5.97 Å². The molecule has 0 spiro atoms. The van der Waals surface area contributed by atoms with Crippen LogP contribution >= 0.6 is 0 Å². The second-order valence-corrected chi connectivity index (χ2v) is 5.86. The van der Waals surface area contributed by atoms with Crippen LogP contribution in [0.25, 0.3) is 10.9 Å². The summed E-state index contributed by atoms with van der Waals surface area (Å²) in [6.07, 6.45) is 1.22. The number of nitrogens with zero attached hydrogens (tertiary/aromatic N) is 1. The first kappa shape index (κ1) is 18.2. The minimum atomic E-state index is -1.37. The first-order valence-corrected chi connectivity index (χ1v) is 8.16. The van der Waals surface area contributed by atoms with E-state index in [1.54, 1.807) is 31.2 Å². The van der Waals surface area contributed by atoms with Crippen LogP contribution in [-0.2, 0) is 6.54 Å². The predicted molar refractivity (Wildman–Crippen MR) is 101 cm³/mol. The Labute approximate surface area is 153 Å². The quantitative estimate of drug-likeness (QED) is 0.595. The zero-order chi connectivity index (χ0) is 19.7. The molecule has 0 atom stereocenters. The molecule has 140 valence electrons. The van der Waals surface area contributed by atoms with Gasteiger partial charge in [-0.15, -0.1) is 0 Å². The Morgan fingerprint density at radius 1 is 1.37 bits per heavy atom. The van der Waals surface area contributed by atoms with E-state index in [0.29, 0.717) is 18.0 Å². The highest BCUT2D eigenvalue weighted by Gasteiger charge is 2.20. The largest absolute Gasteiger partial charge is 0.497 e. The normalized spacial score (nSPS) is 10.8. The molecule has 0 saturated carbocycles. The van der Waals surface area contributed by atoms with Gasteiger partial charge < -0.3 is 25.5 Å².